The summed E-state index contributed by atoms with van der Waals surface area (Å²) in [7, 11) is 0. The quantitative estimate of drug-likeness (QED) is 0.301. The van der Waals surface area contributed by atoms with Gasteiger partial charge in [-0.1, -0.05) is 25.5 Å². The van der Waals surface area contributed by atoms with Crippen LogP contribution >= 0.6 is 0 Å². The Morgan fingerprint density at radius 3 is 2.22 bits per heavy atom. The number of allylic oxidation sites excluding steroid dienone is 1. The van der Waals surface area contributed by atoms with E-state index >= 15 is 0 Å². The second-order valence-corrected chi connectivity index (χ2v) is 7.01. The zero-order valence-electron chi connectivity index (χ0n) is 18.1. The molecule has 0 saturated heterocycles. The van der Waals surface area contributed by atoms with Crippen molar-refractivity contribution in [3.05, 3.63) is 59.7 Å². The molecular weight excluding hydrogens is 414 g/mol. The van der Waals surface area contributed by atoms with E-state index in [0.29, 0.717) is 55.3 Å². The van der Waals surface area contributed by atoms with E-state index in [1.54, 1.807) is 24.3 Å². The molecule has 32 heavy (non-hydrogen) atoms. The molecule has 8 heteroatoms. The maximum atomic E-state index is 11.4. The minimum Gasteiger partial charge on any atom is -0.507 e. The number of rotatable bonds is 14. The highest BCUT2D eigenvalue weighted by Gasteiger charge is 2.16. The van der Waals surface area contributed by atoms with Crippen LogP contribution in [0.1, 0.15) is 41.3 Å². The van der Waals surface area contributed by atoms with Crippen LogP contribution in [-0.2, 0) is 17.6 Å². The Morgan fingerprint density at radius 1 is 1.03 bits per heavy atom. The number of nitrogens with two attached hydrogens (primary N) is 1. The van der Waals surface area contributed by atoms with Crippen molar-refractivity contribution in [1.82, 2.24) is 0 Å². The number of primary amides is 1. The van der Waals surface area contributed by atoms with Gasteiger partial charge in [-0.05, 0) is 37.1 Å². The molecule has 0 bridgehead atoms. The van der Waals surface area contributed by atoms with E-state index in [4.69, 9.17) is 25.1 Å². The van der Waals surface area contributed by atoms with Gasteiger partial charge in [0.15, 0.2) is 6.61 Å². The van der Waals surface area contributed by atoms with E-state index in [1.165, 1.54) is 6.07 Å². The molecule has 8 nitrogen and oxygen atoms in total. The number of ether oxygens (including phenoxy) is 3. The SMILES string of the molecule is C=CCc1c(OCCCOc2cccc(OCC(=O)O)c2CCC)ccc(C(N)=O)c1O. The number of benzene rings is 2. The highest BCUT2D eigenvalue weighted by atomic mass is 16.5. The molecule has 0 atom stereocenters. The van der Waals surface area contributed by atoms with E-state index < -0.39 is 18.5 Å². The van der Waals surface area contributed by atoms with Crippen molar-refractivity contribution in [2.24, 2.45) is 5.73 Å². The molecule has 0 fully saturated rings. The van der Waals surface area contributed by atoms with Crippen LogP contribution in [0.5, 0.6) is 23.0 Å². The van der Waals surface area contributed by atoms with Gasteiger partial charge < -0.3 is 30.2 Å². The molecule has 1 amide bonds. The third kappa shape index (κ3) is 6.66. The average molecular weight is 443 g/mol. The van der Waals surface area contributed by atoms with Crippen molar-refractivity contribution in [3.63, 3.8) is 0 Å². The predicted molar refractivity (Wildman–Crippen MR) is 120 cm³/mol. The van der Waals surface area contributed by atoms with Crippen LogP contribution in [0.3, 0.4) is 0 Å². The lowest BCUT2D eigenvalue weighted by atomic mass is 10.0. The standard InChI is InChI=1S/C24H29NO7/c1-3-7-16-19(9-5-10-20(16)32-15-22(26)27)30-13-6-14-31-21-12-11-18(24(25)29)23(28)17(21)8-4-2/h4-5,9-12,28H,2-3,6-8,13-15H2,1H3,(H2,25,29)(H,26,27). The van der Waals surface area contributed by atoms with E-state index in [-0.39, 0.29) is 11.3 Å². The minimum atomic E-state index is -1.04. The fraction of sp³-hybridized carbons (Fsp3) is 0.333. The molecule has 0 aliphatic carbocycles. The molecule has 2 aromatic carbocycles. The highest BCUT2D eigenvalue weighted by Crippen LogP contribution is 2.32. The normalized spacial score (nSPS) is 10.4. The van der Waals surface area contributed by atoms with E-state index in [9.17, 15) is 14.7 Å². The Bertz CT molecular complexity index is 956. The topological polar surface area (TPSA) is 128 Å². The molecule has 0 heterocycles. The molecular formula is C24H29NO7. The summed E-state index contributed by atoms with van der Waals surface area (Å²) in [5.41, 5.74) is 6.60. The zero-order chi connectivity index (χ0) is 23.5. The number of amides is 1. The van der Waals surface area contributed by atoms with Gasteiger partial charge in [-0.25, -0.2) is 4.79 Å². The second-order valence-electron chi connectivity index (χ2n) is 7.01. The molecule has 0 aliphatic rings. The number of phenols is 1. The minimum absolute atomic E-state index is 0.0333. The van der Waals surface area contributed by atoms with Crippen LogP contribution in [-0.4, -0.2) is 41.9 Å². The maximum absolute atomic E-state index is 11.4. The maximum Gasteiger partial charge on any atom is 0.341 e. The monoisotopic (exact) mass is 443 g/mol. The Morgan fingerprint density at radius 2 is 1.66 bits per heavy atom. The molecule has 0 aliphatic heterocycles. The predicted octanol–water partition coefficient (Wildman–Crippen LogP) is 3.48. The lowest BCUT2D eigenvalue weighted by Crippen LogP contribution is -2.13. The van der Waals surface area contributed by atoms with E-state index in [0.717, 1.165) is 12.0 Å². The number of aliphatic carboxylic acids is 1. The average Bonchev–Trinajstić information content (AvgIpc) is 2.75. The van der Waals surface area contributed by atoms with Crippen LogP contribution < -0.4 is 19.9 Å². The Labute approximate surface area is 187 Å². The molecule has 172 valence electrons. The number of carbonyl (C=O) groups excluding carboxylic acids is 1. The van der Waals surface area contributed by atoms with Crippen molar-refractivity contribution in [2.45, 2.75) is 32.6 Å². The molecule has 4 N–H and O–H groups in total. The van der Waals surface area contributed by atoms with Gasteiger partial charge in [-0.2, -0.15) is 0 Å². The molecule has 0 saturated carbocycles. The zero-order valence-corrected chi connectivity index (χ0v) is 18.1. The van der Waals surface area contributed by atoms with Crippen molar-refractivity contribution in [2.75, 3.05) is 19.8 Å². The first-order valence-corrected chi connectivity index (χ1v) is 10.4. The molecule has 2 rings (SSSR count). The van der Waals surface area contributed by atoms with Crippen molar-refractivity contribution >= 4 is 11.9 Å². The summed E-state index contributed by atoms with van der Waals surface area (Å²) in [5, 5.41) is 19.2. The summed E-state index contributed by atoms with van der Waals surface area (Å²) in [4.78, 5) is 22.2. The fourth-order valence-electron chi connectivity index (χ4n) is 3.17. The van der Waals surface area contributed by atoms with Crippen LogP contribution in [0.15, 0.2) is 43.0 Å². The molecule has 0 unspecified atom stereocenters. The third-order valence-corrected chi connectivity index (χ3v) is 4.60. The van der Waals surface area contributed by atoms with Crippen molar-refractivity contribution in [1.29, 1.82) is 0 Å². The number of carboxylic acid groups (broad SMARTS) is 1. The van der Waals surface area contributed by atoms with Gasteiger partial charge in [0.25, 0.3) is 5.91 Å². The van der Waals surface area contributed by atoms with Crippen LogP contribution in [0.4, 0.5) is 0 Å². The van der Waals surface area contributed by atoms with E-state index in [2.05, 4.69) is 6.58 Å². The molecule has 0 aromatic heterocycles. The summed E-state index contributed by atoms with van der Waals surface area (Å²) < 4.78 is 17.1. The van der Waals surface area contributed by atoms with Gasteiger partial charge in [-0.3, -0.25) is 4.79 Å². The lowest BCUT2D eigenvalue weighted by Gasteiger charge is -2.16. The number of hydrogen-bond donors (Lipinski definition) is 3. The number of carboxylic acids is 1. The van der Waals surface area contributed by atoms with Gasteiger partial charge in [0, 0.05) is 17.5 Å². The van der Waals surface area contributed by atoms with Gasteiger partial charge in [0.2, 0.25) is 0 Å². The Hall–Kier alpha value is -3.68. The van der Waals surface area contributed by atoms with E-state index in [1.807, 2.05) is 13.0 Å². The van der Waals surface area contributed by atoms with Crippen LogP contribution in [0.25, 0.3) is 0 Å². The van der Waals surface area contributed by atoms with Crippen molar-refractivity contribution in [3.8, 4) is 23.0 Å². The Balaban J connectivity index is 1.99. The second kappa shape index (κ2) is 12.2. The van der Waals surface area contributed by atoms with Gasteiger partial charge in [0.1, 0.15) is 23.0 Å². The first-order chi connectivity index (χ1) is 15.4. The Kier molecular flexibility index (Phi) is 9.41. The lowest BCUT2D eigenvalue weighted by molar-refractivity contribution is -0.139. The first kappa shape index (κ1) is 24.6. The summed E-state index contributed by atoms with van der Waals surface area (Å²) in [6.45, 7) is 5.95. The number of aromatic hydroxyl groups is 1. The van der Waals surface area contributed by atoms with Crippen molar-refractivity contribution < 1.29 is 34.0 Å². The number of carbonyl (C=O) groups is 2. The highest BCUT2D eigenvalue weighted by molar-refractivity contribution is 5.96. The number of hydrogen-bond acceptors (Lipinski definition) is 6. The summed E-state index contributed by atoms with van der Waals surface area (Å²) in [6.07, 6.45) is 4.02. The van der Waals surface area contributed by atoms with Gasteiger partial charge in [-0.15, -0.1) is 6.58 Å². The van der Waals surface area contributed by atoms with Crippen LogP contribution in [0, 0.1) is 0 Å². The molecule has 2 aromatic rings. The van der Waals surface area contributed by atoms with Gasteiger partial charge in [0.05, 0.1) is 18.8 Å². The fourth-order valence-corrected chi connectivity index (χ4v) is 3.17. The summed E-state index contributed by atoms with van der Waals surface area (Å²) in [6, 6.07) is 8.33. The first-order valence-electron chi connectivity index (χ1n) is 10.4. The summed E-state index contributed by atoms with van der Waals surface area (Å²) in [5.74, 6) is -0.365. The van der Waals surface area contributed by atoms with Gasteiger partial charge >= 0.3 is 5.97 Å². The summed E-state index contributed by atoms with van der Waals surface area (Å²) >= 11 is 0. The largest absolute Gasteiger partial charge is 0.507 e. The molecule has 0 spiro atoms. The molecule has 0 radical (unpaired) electrons. The third-order valence-electron chi connectivity index (χ3n) is 4.60. The smallest absolute Gasteiger partial charge is 0.341 e. The van der Waals surface area contributed by atoms with Crippen LogP contribution in [0.2, 0.25) is 0 Å².